The Morgan fingerprint density at radius 3 is 2.70 bits per heavy atom. The summed E-state index contributed by atoms with van der Waals surface area (Å²) in [4.78, 5) is 31.4. The number of hydrazine groups is 1. The molecule has 0 unspecified atom stereocenters. The zero-order valence-electron chi connectivity index (χ0n) is 14.4. The molecule has 0 radical (unpaired) electrons. The number of carbonyl (C=O) groups is 2. The number of nitrogens with zero attached hydrogens (tertiary/aromatic N) is 2. The molecular formula is C19H18BrN5O2. The number of fused-ring (bicyclic) bond motifs is 2. The van der Waals surface area contributed by atoms with Crippen molar-refractivity contribution in [1.29, 1.82) is 0 Å². The molecule has 2 aliphatic rings. The van der Waals surface area contributed by atoms with Crippen molar-refractivity contribution in [2.24, 2.45) is 4.99 Å². The lowest BCUT2D eigenvalue weighted by Crippen LogP contribution is -2.51. The summed E-state index contributed by atoms with van der Waals surface area (Å²) < 4.78 is 0.982. The number of amidine groups is 1. The van der Waals surface area contributed by atoms with E-state index in [-0.39, 0.29) is 17.9 Å². The summed E-state index contributed by atoms with van der Waals surface area (Å²) in [7, 11) is 0. The van der Waals surface area contributed by atoms with E-state index in [4.69, 9.17) is 5.73 Å². The molecule has 0 aromatic heterocycles. The smallest absolute Gasteiger partial charge is 0.269 e. The van der Waals surface area contributed by atoms with Crippen LogP contribution in [0.4, 0.5) is 11.4 Å². The second-order valence-corrected chi connectivity index (χ2v) is 7.46. The Labute approximate surface area is 164 Å². The Balaban J connectivity index is 1.41. The van der Waals surface area contributed by atoms with Gasteiger partial charge in [0.25, 0.3) is 11.8 Å². The molecule has 8 heteroatoms. The third-order valence-electron chi connectivity index (χ3n) is 4.76. The number of carbonyl (C=O) groups excluding carboxylic acids is 2. The van der Waals surface area contributed by atoms with Crippen LogP contribution in [0.1, 0.15) is 28.8 Å². The van der Waals surface area contributed by atoms with Gasteiger partial charge in [0.15, 0.2) is 0 Å². The van der Waals surface area contributed by atoms with Crippen LogP contribution in [0.15, 0.2) is 51.9 Å². The number of hydrogen-bond acceptors (Lipinski definition) is 5. The van der Waals surface area contributed by atoms with Crippen molar-refractivity contribution in [2.75, 3.05) is 5.73 Å². The summed E-state index contributed by atoms with van der Waals surface area (Å²) in [5.74, 6) is 0.278. The van der Waals surface area contributed by atoms with E-state index in [0.29, 0.717) is 24.2 Å². The van der Waals surface area contributed by atoms with Crippen molar-refractivity contribution in [3.8, 4) is 0 Å². The molecule has 0 spiro atoms. The van der Waals surface area contributed by atoms with E-state index >= 15 is 0 Å². The highest BCUT2D eigenvalue weighted by molar-refractivity contribution is 9.10. The zero-order valence-corrected chi connectivity index (χ0v) is 16.0. The maximum absolute atomic E-state index is 12.6. The fraction of sp³-hybridized carbons (Fsp3) is 0.211. The van der Waals surface area contributed by atoms with E-state index in [1.54, 1.807) is 24.3 Å². The molecular weight excluding hydrogens is 410 g/mol. The monoisotopic (exact) mass is 427 g/mol. The van der Waals surface area contributed by atoms with Crippen molar-refractivity contribution < 1.29 is 9.59 Å². The summed E-state index contributed by atoms with van der Waals surface area (Å²) >= 11 is 3.47. The molecule has 2 aromatic rings. The number of aliphatic imine (C=N–C) groups is 1. The normalized spacial score (nSPS) is 17.6. The van der Waals surface area contributed by atoms with Crippen molar-refractivity contribution in [3.05, 3.63) is 58.1 Å². The molecule has 2 aromatic carbocycles. The van der Waals surface area contributed by atoms with Crippen LogP contribution in [-0.4, -0.2) is 28.6 Å². The number of nitrogens with one attached hydrogen (secondary N) is 2. The summed E-state index contributed by atoms with van der Waals surface area (Å²) in [5, 5.41) is 0. The minimum Gasteiger partial charge on any atom is -0.399 e. The molecule has 27 heavy (non-hydrogen) atoms. The maximum atomic E-state index is 12.6. The molecule has 0 aliphatic carbocycles. The van der Waals surface area contributed by atoms with Crippen LogP contribution < -0.4 is 16.6 Å². The van der Waals surface area contributed by atoms with Gasteiger partial charge >= 0.3 is 0 Å². The second-order valence-electron chi connectivity index (χ2n) is 6.55. The predicted octanol–water partition coefficient (Wildman–Crippen LogP) is 2.50. The number of benzene rings is 2. The minimum atomic E-state index is -0.386. The third-order valence-corrected chi connectivity index (χ3v) is 5.25. The molecule has 2 heterocycles. The molecule has 4 rings (SSSR count). The van der Waals surface area contributed by atoms with Crippen LogP contribution in [0.25, 0.3) is 0 Å². The molecule has 138 valence electrons. The quantitative estimate of drug-likeness (QED) is 0.506. The first-order chi connectivity index (χ1) is 13.0. The highest BCUT2D eigenvalue weighted by atomic mass is 79.9. The van der Waals surface area contributed by atoms with E-state index < -0.39 is 0 Å². The van der Waals surface area contributed by atoms with Crippen molar-refractivity contribution >= 4 is 45.0 Å². The molecule has 2 amide bonds. The van der Waals surface area contributed by atoms with Gasteiger partial charge in [-0.2, -0.15) is 0 Å². The van der Waals surface area contributed by atoms with Gasteiger partial charge in [0.2, 0.25) is 0 Å². The predicted molar refractivity (Wildman–Crippen MR) is 106 cm³/mol. The van der Waals surface area contributed by atoms with Gasteiger partial charge in [-0.25, -0.2) is 4.99 Å². The Kier molecular flexibility index (Phi) is 4.57. The maximum Gasteiger partial charge on any atom is 0.269 e. The van der Waals surface area contributed by atoms with Gasteiger partial charge in [0.05, 0.1) is 5.69 Å². The summed E-state index contributed by atoms with van der Waals surface area (Å²) in [5.41, 5.74) is 13.6. The van der Waals surface area contributed by atoms with Gasteiger partial charge in [0, 0.05) is 28.7 Å². The van der Waals surface area contributed by atoms with Crippen molar-refractivity contribution in [2.45, 2.75) is 25.4 Å². The van der Waals surface area contributed by atoms with Crippen LogP contribution in [0.3, 0.4) is 0 Å². The standard InChI is InChI=1S/C19H18BrN5O2/c20-13-3-6-15-12(9-13)10-25-16(7-8-17(25)22-15)19(27)24-23-18(26)11-1-4-14(21)5-2-11/h1-6,9,16H,7-8,10,21H2,(H,23,26)(H,24,27)/t16-/m0/s1. The summed E-state index contributed by atoms with van der Waals surface area (Å²) in [6.45, 7) is 0.623. The average molecular weight is 428 g/mol. The van der Waals surface area contributed by atoms with Crippen LogP contribution in [0.5, 0.6) is 0 Å². The van der Waals surface area contributed by atoms with Gasteiger partial charge < -0.3 is 10.6 Å². The first-order valence-electron chi connectivity index (χ1n) is 8.59. The molecule has 7 nitrogen and oxygen atoms in total. The first kappa shape index (κ1) is 17.5. The van der Waals surface area contributed by atoms with E-state index in [9.17, 15) is 9.59 Å². The fourth-order valence-electron chi connectivity index (χ4n) is 3.36. The van der Waals surface area contributed by atoms with Crippen LogP contribution >= 0.6 is 15.9 Å². The second kappa shape index (κ2) is 7.03. The fourth-order valence-corrected chi connectivity index (χ4v) is 3.77. The van der Waals surface area contributed by atoms with Crippen LogP contribution in [0, 0.1) is 0 Å². The number of amides is 2. The van der Waals surface area contributed by atoms with Crippen LogP contribution in [-0.2, 0) is 11.3 Å². The summed E-state index contributed by atoms with van der Waals surface area (Å²) in [6.07, 6.45) is 1.40. The summed E-state index contributed by atoms with van der Waals surface area (Å²) in [6, 6.07) is 12.1. The first-order valence-corrected chi connectivity index (χ1v) is 9.39. The molecule has 0 bridgehead atoms. The lowest BCUT2D eigenvalue weighted by Gasteiger charge is -2.30. The van der Waals surface area contributed by atoms with Crippen molar-refractivity contribution in [1.82, 2.24) is 15.8 Å². The number of halogens is 1. The van der Waals surface area contributed by atoms with Gasteiger partial charge in [-0.3, -0.25) is 20.4 Å². The molecule has 1 saturated heterocycles. The number of rotatable bonds is 2. The van der Waals surface area contributed by atoms with Crippen molar-refractivity contribution in [3.63, 3.8) is 0 Å². The zero-order chi connectivity index (χ0) is 19.0. The lowest BCUT2D eigenvalue weighted by molar-refractivity contribution is -0.125. The molecule has 1 atom stereocenters. The molecule has 1 fully saturated rings. The Morgan fingerprint density at radius 1 is 1.15 bits per heavy atom. The van der Waals surface area contributed by atoms with E-state index in [0.717, 1.165) is 28.0 Å². The Morgan fingerprint density at radius 2 is 1.93 bits per heavy atom. The lowest BCUT2D eigenvalue weighted by atomic mass is 10.1. The van der Waals surface area contributed by atoms with Gasteiger partial charge in [-0.1, -0.05) is 15.9 Å². The SMILES string of the molecule is Nc1ccc(C(=O)NNC(=O)[C@@H]2CCC3=Nc4ccc(Br)cc4CN32)cc1. The van der Waals surface area contributed by atoms with E-state index in [1.165, 1.54) is 0 Å². The van der Waals surface area contributed by atoms with Crippen LogP contribution in [0.2, 0.25) is 0 Å². The molecule has 0 saturated carbocycles. The number of nitrogens with two attached hydrogens (primary N) is 1. The number of nitrogen functional groups attached to an aromatic ring is 1. The van der Waals surface area contributed by atoms with Gasteiger partial charge in [-0.05, 0) is 54.4 Å². The Hall–Kier alpha value is -2.87. The molecule has 2 aliphatic heterocycles. The van der Waals surface area contributed by atoms with E-state index in [1.807, 2.05) is 23.1 Å². The Bertz CT molecular complexity index is 942. The number of anilines is 1. The average Bonchev–Trinajstić information content (AvgIpc) is 3.07. The topological polar surface area (TPSA) is 99.8 Å². The van der Waals surface area contributed by atoms with E-state index in [2.05, 4.69) is 31.8 Å². The molecule has 4 N–H and O–H groups in total. The minimum absolute atomic E-state index is 0.248. The third kappa shape index (κ3) is 3.52. The highest BCUT2D eigenvalue weighted by Gasteiger charge is 2.37. The van der Waals surface area contributed by atoms with Gasteiger partial charge in [-0.15, -0.1) is 0 Å². The van der Waals surface area contributed by atoms with Gasteiger partial charge in [0.1, 0.15) is 11.9 Å². The highest BCUT2D eigenvalue weighted by Crippen LogP contribution is 2.34. The largest absolute Gasteiger partial charge is 0.399 e. The number of hydrogen-bond donors (Lipinski definition) is 3.